The van der Waals surface area contributed by atoms with Crippen LogP contribution in [0.4, 0.5) is 0 Å². The fourth-order valence-corrected chi connectivity index (χ4v) is 4.33. The van der Waals surface area contributed by atoms with E-state index in [-0.39, 0.29) is 6.10 Å². The molecular weight excluding hydrogens is 284 g/mol. The average molecular weight is 327 g/mol. The Balaban J connectivity index is 0.000000231. The van der Waals surface area contributed by atoms with Gasteiger partial charge in [-0.1, -0.05) is 27.7 Å². The van der Waals surface area contributed by atoms with Gasteiger partial charge >= 0.3 is 0 Å². The first-order valence-corrected chi connectivity index (χ1v) is 10.1. The van der Waals surface area contributed by atoms with E-state index < -0.39 is 0 Å². The molecule has 0 aromatic carbocycles. The Morgan fingerprint density at radius 1 is 0.652 bits per heavy atom. The second-order valence-corrected chi connectivity index (χ2v) is 8.87. The summed E-state index contributed by atoms with van der Waals surface area (Å²) in [4.78, 5) is 0. The maximum absolute atomic E-state index is 9.40. The molecule has 0 amide bonds. The van der Waals surface area contributed by atoms with E-state index in [0.717, 1.165) is 23.7 Å². The first-order valence-electron chi connectivity index (χ1n) is 10.1. The van der Waals surface area contributed by atoms with Crippen LogP contribution >= 0.6 is 0 Å². The highest BCUT2D eigenvalue weighted by Crippen LogP contribution is 2.34. The molecule has 2 saturated carbocycles. The molecule has 2 nitrogen and oxygen atoms in total. The lowest BCUT2D eigenvalue weighted by atomic mass is 9.75. The van der Waals surface area contributed by atoms with Crippen molar-refractivity contribution in [3.05, 3.63) is 0 Å². The van der Waals surface area contributed by atoms with E-state index in [0.29, 0.717) is 18.4 Å². The molecule has 0 aromatic heterocycles. The first kappa shape index (κ1) is 21.0. The van der Waals surface area contributed by atoms with Gasteiger partial charge in [-0.05, 0) is 93.8 Å². The van der Waals surface area contributed by atoms with E-state index in [9.17, 15) is 5.11 Å². The minimum atomic E-state index is -0.0851. The van der Waals surface area contributed by atoms with Crippen LogP contribution in [-0.2, 0) is 0 Å². The van der Waals surface area contributed by atoms with E-state index in [1.165, 1.54) is 51.4 Å². The van der Waals surface area contributed by atoms with Crippen LogP contribution < -0.4 is 0 Å². The molecule has 23 heavy (non-hydrogen) atoms. The second-order valence-electron chi connectivity index (χ2n) is 8.87. The van der Waals surface area contributed by atoms with Crippen LogP contribution in [0.25, 0.3) is 0 Å². The van der Waals surface area contributed by atoms with Crippen LogP contribution in [0.5, 0.6) is 0 Å². The predicted octanol–water partition coefficient (Wildman–Crippen LogP) is 5.27. The molecule has 2 aliphatic rings. The zero-order chi connectivity index (χ0) is 17.4. The highest BCUT2D eigenvalue weighted by atomic mass is 16.3. The van der Waals surface area contributed by atoms with E-state index in [1.54, 1.807) is 0 Å². The molecule has 2 N–H and O–H groups in total. The van der Waals surface area contributed by atoms with Crippen LogP contribution in [0.2, 0.25) is 0 Å². The lowest BCUT2D eigenvalue weighted by Gasteiger charge is -2.32. The van der Waals surface area contributed by atoms with Crippen LogP contribution in [0.3, 0.4) is 0 Å². The van der Waals surface area contributed by atoms with E-state index in [4.69, 9.17) is 5.11 Å². The Kier molecular flexibility index (Phi) is 9.77. The van der Waals surface area contributed by atoms with Crippen molar-refractivity contribution in [2.45, 2.75) is 92.1 Å². The fraction of sp³-hybridized carbons (Fsp3) is 1.00. The number of hydrogen-bond acceptors (Lipinski definition) is 2. The van der Waals surface area contributed by atoms with Crippen LogP contribution in [0.15, 0.2) is 0 Å². The molecule has 1 atom stereocenters. The SMILES string of the molecule is CC(C)C1CCC(C(C)O)CC1.CC(C)C1CCC(CO)CC1. The smallest absolute Gasteiger partial charge is 0.0540 e. The summed E-state index contributed by atoms with van der Waals surface area (Å²) in [5.74, 6) is 4.72. The van der Waals surface area contributed by atoms with Crippen LogP contribution in [0.1, 0.15) is 86.0 Å². The standard InChI is InChI=1S/C11H22O.C10H20O/c1-8(2)10-4-6-11(7-5-10)9(3)12;1-8(2)10-5-3-9(7-11)4-6-10/h8-12H,4-7H2,1-3H3;8-11H,3-7H2,1-2H3. The normalized spacial score (nSPS) is 33.3. The number of aliphatic hydroxyl groups excluding tert-OH is 2. The zero-order valence-corrected chi connectivity index (χ0v) is 16.3. The Labute approximate surface area is 145 Å². The van der Waals surface area contributed by atoms with Crippen molar-refractivity contribution >= 4 is 0 Å². The molecule has 0 radical (unpaired) electrons. The molecular formula is C21H42O2. The number of hydrogen-bond donors (Lipinski definition) is 2. The molecule has 2 heteroatoms. The molecule has 2 aliphatic carbocycles. The van der Waals surface area contributed by atoms with Gasteiger partial charge in [-0.15, -0.1) is 0 Å². The molecule has 0 heterocycles. The van der Waals surface area contributed by atoms with Gasteiger partial charge in [0, 0.05) is 6.61 Å². The van der Waals surface area contributed by atoms with Crippen molar-refractivity contribution in [2.24, 2.45) is 35.5 Å². The van der Waals surface area contributed by atoms with Crippen molar-refractivity contribution in [1.29, 1.82) is 0 Å². The average Bonchev–Trinajstić information content (AvgIpc) is 2.55. The quantitative estimate of drug-likeness (QED) is 0.738. The largest absolute Gasteiger partial charge is 0.396 e. The van der Waals surface area contributed by atoms with Gasteiger partial charge in [0.25, 0.3) is 0 Å². The van der Waals surface area contributed by atoms with Gasteiger partial charge in [0.2, 0.25) is 0 Å². The first-order chi connectivity index (χ1) is 10.8. The minimum Gasteiger partial charge on any atom is -0.396 e. The number of rotatable bonds is 4. The number of aliphatic hydroxyl groups is 2. The van der Waals surface area contributed by atoms with Gasteiger partial charge in [-0.3, -0.25) is 0 Å². The summed E-state index contributed by atoms with van der Waals surface area (Å²) in [6.45, 7) is 11.6. The Bertz CT molecular complexity index is 266. The monoisotopic (exact) mass is 326 g/mol. The van der Waals surface area contributed by atoms with Gasteiger partial charge in [0.15, 0.2) is 0 Å². The van der Waals surface area contributed by atoms with E-state index >= 15 is 0 Å². The molecule has 0 bridgehead atoms. The maximum Gasteiger partial charge on any atom is 0.0540 e. The Hall–Kier alpha value is -0.0800. The lowest BCUT2D eigenvalue weighted by molar-refractivity contribution is 0.0810. The second kappa shape index (κ2) is 10.7. The Morgan fingerprint density at radius 2 is 1.00 bits per heavy atom. The minimum absolute atomic E-state index is 0.0851. The molecule has 0 spiro atoms. The maximum atomic E-state index is 9.40. The van der Waals surface area contributed by atoms with Crippen molar-refractivity contribution in [3.8, 4) is 0 Å². The van der Waals surface area contributed by atoms with Gasteiger partial charge in [0.05, 0.1) is 6.10 Å². The molecule has 2 rings (SSSR count). The van der Waals surface area contributed by atoms with Crippen LogP contribution in [-0.4, -0.2) is 22.9 Å². The summed E-state index contributed by atoms with van der Waals surface area (Å²) in [5.41, 5.74) is 0. The van der Waals surface area contributed by atoms with E-state index in [1.807, 2.05) is 6.92 Å². The highest BCUT2D eigenvalue weighted by molar-refractivity contribution is 4.77. The summed E-state index contributed by atoms with van der Waals surface area (Å²) < 4.78 is 0. The Morgan fingerprint density at radius 3 is 1.30 bits per heavy atom. The third-order valence-corrected chi connectivity index (χ3v) is 6.53. The van der Waals surface area contributed by atoms with Crippen molar-refractivity contribution in [2.75, 3.05) is 6.61 Å². The lowest BCUT2D eigenvalue weighted by Crippen LogP contribution is -2.25. The van der Waals surface area contributed by atoms with Crippen LogP contribution in [0, 0.1) is 35.5 Å². The summed E-state index contributed by atoms with van der Waals surface area (Å²) in [6, 6.07) is 0. The molecule has 0 aliphatic heterocycles. The summed E-state index contributed by atoms with van der Waals surface area (Å²) in [5, 5.41) is 18.3. The van der Waals surface area contributed by atoms with Crippen molar-refractivity contribution in [3.63, 3.8) is 0 Å². The zero-order valence-electron chi connectivity index (χ0n) is 16.3. The summed E-state index contributed by atoms with van der Waals surface area (Å²) >= 11 is 0. The topological polar surface area (TPSA) is 40.5 Å². The summed E-state index contributed by atoms with van der Waals surface area (Å²) in [6.07, 6.45) is 10.2. The third-order valence-electron chi connectivity index (χ3n) is 6.53. The molecule has 0 saturated heterocycles. The molecule has 138 valence electrons. The molecule has 0 aromatic rings. The van der Waals surface area contributed by atoms with Gasteiger partial charge < -0.3 is 10.2 Å². The van der Waals surface area contributed by atoms with Crippen molar-refractivity contribution < 1.29 is 10.2 Å². The van der Waals surface area contributed by atoms with Gasteiger partial charge in [0.1, 0.15) is 0 Å². The van der Waals surface area contributed by atoms with E-state index in [2.05, 4.69) is 27.7 Å². The molecule has 1 unspecified atom stereocenters. The predicted molar refractivity (Wildman–Crippen MR) is 99.3 cm³/mol. The highest BCUT2D eigenvalue weighted by Gasteiger charge is 2.25. The third kappa shape index (κ3) is 7.56. The van der Waals surface area contributed by atoms with Crippen molar-refractivity contribution in [1.82, 2.24) is 0 Å². The van der Waals surface area contributed by atoms with Gasteiger partial charge in [-0.2, -0.15) is 0 Å². The summed E-state index contributed by atoms with van der Waals surface area (Å²) in [7, 11) is 0. The fourth-order valence-electron chi connectivity index (χ4n) is 4.33. The molecule has 2 fully saturated rings. The van der Waals surface area contributed by atoms with Gasteiger partial charge in [-0.25, -0.2) is 0 Å².